The molecule has 1 saturated heterocycles. The Labute approximate surface area is 190 Å². The molecule has 0 spiro atoms. The third kappa shape index (κ3) is 7.30. The van der Waals surface area contributed by atoms with Crippen LogP contribution in [-0.2, 0) is 9.59 Å². The van der Waals surface area contributed by atoms with E-state index >= 15 is 0 Å². The van der Waals surface area contributed by atoms with Crippen LogP contribution in [0.2, 0.25) is 0 Å². The Morgan fingerprint density at radius 3 is 2.34 bits per heavy atom. The molecule has 2 amide bonds. The third-order valence-electron chi connectivity index (χ3n) is 5.45. The van der Waals surface area contributed by atoms with Crippen LogP contribution >= 0.6 is 0 Å². The third-order valence-corrected chi connectivity index (χ3v) is 5.45. The van der Waals surface area contributed by atoms with Gasteiger partial charge in [-0.2, -0.15) is 0 Å². The lowest BCUT2D eigenvalue weighted by Gasteiger charge is -2.34. The van der Waals surface area contributed by atoms with E-state index < -0.39 is 6.04 Å². The predicted molar refractivity (Wildman–Crippen MR) is 125 cm³/mol. The molecule has 2 N–H and O–H groups in total. The monoisotopic (exact) mass is 438 g/mol. The zero-order valence-electron chi connectivity index (χ0n) is 19.0. The molecule has 172 valence electrons. The summed E-state index contributed by atoms with van der Waals surface area (Å²) in [5.74, 6) is 0.748. The normalized spacial score (nSPS) is 15.4. The SMILES string of the molecule is CC(C)CC(=O)NC(C(=O)NCCCN1CCN(c2ncccn2)CC1)c1ccccc1. The summed E-state index contributed by atoms with van der Waals surface area (Å²) < 4.78 is 0. The summed E-state index contributed by atoms with van der Waals surface area (Å²) in [6.45, 7) is 9.16. The van der Waals surface area contributed by atoms with Crippen LogP contribution in [0.5, 0.6) is 0 Å². The number of benzene rings is 1. The molecular weight excluding hydrogens is 404 g/mol. The standard InChI is InChI=1S/C24H34N6O2/c1-19(2)18-21(31)28-22(20-8-4-3-5-9-20)23(32)25-12-7-13-29-14-16-30(17-15-29)24-26-10-6-11-27-24/h3-6,8-11,19,22H,7,12-18H2,1-2H3,(H,25,32)(H,28,31). The fourth-order valence-electron chi connectivity index (χ4n) is 3.78. The van der Waals surface area contributed by atoms with Gasteiger partial charge < -0.3 is 15.5 Å². The molecule has 1 unspecified atom stereocenters. The van der Waals surface area contributed by atoms with Gasteiger partial charge in [0.25, 0.3) is 0 Å². The van der Waals surface area contributed by atoms with Gasteiger partial charge in [-0.15, -0.1) is 0 Å². The maximum atomic E-state index is 12.9. The lowest BCUT2D eigenvalue weighted by Crippen LogP contribution is -2.47. The Bertz CT molecular complexity index is 838. The number of nitrogens with one attached hydrogen (secondary N) is 2. The van der Waals surface area contributed by atoms with Crippen LogP contribution in [0.3, 0.4) is 0 Å². The molecule has 0 saturated carbocycles. The molecule has 8 nitrogen and oxygen atoms in total. The lowest BCUT2D eigenvalue weighted by atomic mass is 10.0. The number of carbonyl (C=O) groups is 2. The van der Waals surface area contributed by atoms with Crippen molar-refractivity contribution in [3.8, 4) is 0 Å². The second-order valence-electron chi connectivity index (χ2n) is 8.53. The van der Waals surface area contributed by atoms with Crippen molar-refractivity contribution in [3.05, 3.63) is 54.4 Å². The van der Waals surface area contributed by atoms with E-state index in [4.69, 9.17) is 0 Å². The van der Waals surface area contributed by atoms with Gasteiger partial charge in [-0.05, 0) is 30.5 Å². The van der Waals surface area contributed by atoms with Gasteiger partial charge >= 0.3 is 0 Å². The van der Waals surface area contributed by atoms with Crippen LogP contribution in [0, 0.1) is 5.92 Å². The van der Waals surface area contributed by atoms with Crippen LogP contribution in [0.15, 0.2) is 48.8 Å². The average molecular weight is 439 g/mol. The van der Waals surface area contributed by atoms with Crippen molar-refractivity contribution in [2.75, 3.05) is 44.2 Å². The van der Waals surface area contributed by atoms with E-state index in [0.717, 1.165) is 50.7 Å². The second-order valence-corrected chi connectivity index (χ2v) is 8.53. The highest BCUT2D eigenvalue weighted by atomic mass is 16.2. The maximum Gasteiger partial charge on any atom is 0.247 e. The molecule has 0 radical (unpaired) electrons. The zero-order valence-corrected chi connectivity index (χ0v) is 19.0. The summed E-state index contributed by atoms with van der Waals surface area (Å²) in [7, 11) is 0. The fraction of sp³-hybridized carbons (Fsp3) is 0.500. The first-order valence-electron chi connectivity index (χ1n) is 11.4. The number of amides is 2. The Morgan fingerprint density at radius 1 is 1.00 bits per heavy atom. The molecule has 1 aromatic heterocycles. The first-order chi connectivity index (χ1) is 15.5. The van der Waals surface area contributed by atoms with Crippen molar-refractivity contribution in [3.63, 3.8) is 0 Å². The van der Waals surface area contributed by atoms with Gasteiger partial charge in [0.2, 0.25) is 17.8 Å². The summed E-state index contributed by atoms with van der Waals surface area (Å²) in [5.41, 5.74) is 0.793. The van der Waals surface area contributed by atoms with Gasteiger partial charge in [-0.25, -0.2) is 9.97 Å². The molecule has 0 bridgehead atoms. The summed E-state index contributed by atoms with van der Waals surface area (Å²) in [6, 6.07) is 10.6. The van der Waals surface area contributed by atoms with Crippen LogP contribution in [0.1, 0.15) is 38.3 Å². The Balaban J connectivity index is 1.42. The predicted octanol–water partition coefficient (Wildman–Crippen LogP) is 2.01. The van der Waals surface area contributed by atoms with Gasteiger partial charge in [-0.3, -0.25) is 14.5 Å². The summed E-state index contributed by atoms with van der Waals surface area (Å²) in [6.07, 6.45) is 4.79. The van der Waals surface area contributed by atoms with Crippen molar-refractivity contribution in [1.29, 1.82) is 0 Å². The Morgan fingerprint density at radius 2 is 1.69 bits per heavy atom. The molecular formula is C24H34N6O2. The van der Waals surface area contributed by atoms with Gasteiger partial charge in [0.15, 0.2) is 0 Å². The van der Waals surface area contributed by atoms with Crippen LogP contribution in [-0.4, -0.2) is 66.0 Å². The fourth-order valence-corrected chi connectivity index (χ4v) is 3.78. The molecule has 8 heteroatoms. The molecule has 3 rings (SSSR count). The maximum absolute atomic E-state index is 12.9. The van der Waals surface area contributed by atoms with E-state index in [-0.39, 0.29) is 17.7 Å². The number of hydrogen-bond donors (Lipinski definition) is 2. The summed E-state index contributed by atoms with van der Waals surface area (Å²) in [5, 5.41) is 5.90. The number of piperazine rings is 1. The van der Waals surface area contributed by atoms with Crippen molar-refractivity contribution in [1.82, 2.24) is 25.5 Å². The molecule has 32 heavy (non-hydrogen) atoms. The first-order valence-corrected chi connectivity index (χ1v) is 11.4. The van der Waals surface area contributed by atoms with E-state index in [9.17, 15) is 9.59 Å². The molecule has 2 heterocycles. The zero-order chi connectivity index (χ0) is 22.8. The quantitative estimate of drug-likeness (QED) is 0.552. The second kappa shape index (κ2) is 12.1. The number of aromatic nitrogens is 2. The number of hydrogen-bond acceptors (Lipinski definition) is 6. The molecule has 2 aromatic rings. The highest BCUT2D eigenvalue weighted by Gasteiger charge is 2.23. The highest BCUT2D eigenvalue weighted by molar-refractivity contribution is 5.88. The van der Waals surface area contributed by atoms with Crippen molar-refractivity contribution >= 4 is 17.8 Å². The molecule has 1 fully saturated rings. The minimum atomic E-state index is -0.670. The van der Waals surface area contributed by atoms with Gasteiger partial charge in [0.1, 0.15) is 6.04 Å². The average Bonchev–Trinajstić information content (AvgIpc) is 2.81. The largest absolute Gasteiger partial charge is 0.354 e. The Hall–Kier alpha value is -3.00. The molecule has 1 atom stereocenters. The smallest absolute Gasteiger partial charge is 0.247 e. The number of carbonyl (C=O) groups excluding carboxylic acids is 2. The van der Waals surface area contributed by atoms with Gasteiger partial charge in [0, 0.05) is 51.5 Å². The molecule has 1 aliphatic rings. The van der Waals surface area contributed by atoms with Crippen molar-refractivity contribution in [2.24, 2.45) is 5.92 Å². The topological polar surface area (TPSA) is 90.5 Å². The minimum Gasteiger partial charge on any atom is -0.354 e. The van der Waals surface area contributed by atoms with E-state index in [0.29, 0.717) is 13.0 Å². The van der Waals surface area contributed by atoms with E-state index in [1.165, 1.54) is 0 Å². The molecule has 1 aliphatic heterocycles. The summed E-state index contributed by atoms with van der Waals surface area (Å²) in [4.78, 5) is 38.4. The highest BCUT2D eigenvalue weighted by Crippen LogP contribution is 2.14. The lowest BCUT2D eigenvalue weighted by molar-refractivity contribution is -0.129. The van der Waals surface area contributed by atoms with Gasteiger partial charge in [-0.1, -0.05) is 44.2 Å². The Kier molecular flexibility index (Phi) is 8.98. The number of nitrogens with zero attached hydrogens (tertiary/aromatic N) is 4. The van der Waals surface area contributed by atoms with E-state index in [2.05, 4.69) is 30.4 Å². The van der Waals surface area contributed by atoms with Gasteiger partial charge in [0.05, 0.1) is 0 Å². The van der Waals surface area contributed by atoms with Crippen molar-refractivity contribution < 1.29 is 9.59 Å². The van der Waals surface area contributed by atoms with Crippen LogP contribution in [0.4, 0.5) is 5.95 Å². The minimum absolute atomic E-state index is 0.107. The molecule has 0 aliphatic carbocycles. The van der Waals surface area contributed by atoms with Crippen LogP contribution in [0.25, 0.3) is 0 Å². The number of rotatable bonds is 10. The van der Waals surface area contributed by atoms with E-state index in [1.807, 2.05) is 50.2 Å². The molecule has 1 aromatic carbocycles. The number of anilines is 1. The van der Waals surface area contributed by atoms with E-state index in [1.54, 1.807) is 12.4 Å². The van der Waals surface area contributed by atoms with Crippen LogP contribution < -0.4 is 15.5 Å². The summed E-state index contributed by atoms with van der Waals surface area (Å²) >= 11 is 0. The van der Waals surface area contributed by atoms with Crippen molar-refractivity contribution in [2.45, 2.75) is 32.7 Å². The first kappa shape index (κ1) is 23.7.